The van der Waals surface area contributed by atoms with Gasteiger partial charge in [-0.15, -0.1) is 0 Å². The van der Waals surface area contributed by atoms with Gasteiger partial charge in [-0.1, -0.05) is 13.0 Å². The molecule has 1 aromatic heterocycles. The summed E-state index contributed by atoms with van der Waals surface area (Å²) in [6.07, 6.45) is 0.224. The van der Waals surface area contributed by atoms with Crippen molar-refractivity contribution < 1.29 is 9.59 Å². The van der Waals surface area contributed by atoms with E-state index in [1.54, 1.807) is 20.9 Å². The van der Waals surface area contributed by atoms with Crippen LogP contribution in [0.25, 0.3) is 11.0 Å². The minimum atomic E-state index is -0.751. The highest BCUT2D eigenvalue weighted by Gasteiger charge is 2.22. The molecule has 0 aliphatic rings. The van der Waals surface area contributed by atoms with Crippen molar-refractivity contribution in [3.8, 4) is 0 Å². The van der Waals surface area contributed by atoms with Crippen LogP contribution in [0.2, 0.25) is 0 Å². The Morgan fingerprint density at radius 1 is 1.29 bits per heavy atom. The van der Waals surface area contributed by atoms with E-state index in [2.05, 4.69) is 5.32 Å². The predicted molar refractivity (Wildman–Crippen MR) is 80.1 cm³/mol. The Morgan fingerprint density at radius 2 is 1.95 bits per heavy atom. The molecule has 0 aliphatic heterocycles. The Labute approximate surface area is 122 Å². The Balaban J connectivity index is 2.51. The van der Waals surface area contributed by atoms with Crippen molar-refractivity contribution in [3.63, 3.8) is 0 Å². The number of imide groups is 1. The van der Waals surface area contributed by atoms with E-state index in [9.17, 15) is 14.4 Å². The van der Waals surface area contributed by atoms with E-state index in [0.717, 1.165) is 11.1 Å². The maximum absolute atomic E-state index is 12.4. The van der Waals surface area contributed by atoms with Gasteiger partial charge in [-0.3, -0.25) is 24.0 Å². The normalized spacial score (nSPS) is 12.4. The largest absolute Gasteiger partial charge is 0.329 e. The van der Waals surface area contributed by atoms with Crippen LogP contribution in [0.4, 0.5) is 0 Å². The van der Waals surface area contributed by atoms with E-state index in [1.807, 2.05) is 25.1 Å². The van der Waals surface area contributed by atoms with Crippen molar-refractivity contribution in [1.29, 1.82) is 0 Å². The van der Waals surface area contributed by atoms with Crippen molar-refractivity contribution in [3.05, 3.63) is 34.2 Å². The molecule has 0 aliphatic carbocycles. The number of imidazole rings is 1. The maximum atomic E-state index is 12.4. The Kier molecular flexibility index (Phi) is 3.97. The first kappa shape index (κ1) is 15.0. The Hall–Kier alpha value is -2.37. The third-order valence-corrected chi connectivity index (χ3v) is 3.60. The molecule has 1 atom stereocenters. The van der Waals surface area contributed by atoms with Crippen LogP contribution in [0.1, 0.15) is 31.9 Å². The number of rotatable bonds is 3. The molecule has 0 spiro atoms. The lowest BCUT2D eigenvalue weighted by molar-refractivity contribution is -0.131. The number of aromatic nitrogens is 2. The van der Waals surface area contributed by atoms with Crippen LogP contribution in [0.15, 0.2) is 23.0 Å². The summed E-state index contributed by atoms with van der Waals surface area (Å²) in [6.45, 7) is 5.22. The second kappa shape index (κ2) is 5.55. The number of carbonyl (C=O) groups is 2. The lowest BCUT2D eigenvalue weighted by Crippen LogP contribution is -2.38. The topological polar surface area (TPSA) is 73.1 Å². The molecule has 1 aromatic carbocycles. The second-order valence-corrected chi connectivity index (χ2v) is 5.15. The lowest BCUT2D eigenvalue weighted by Gasteiger charge is -2.12. The molecule has 2 aromatic rings. The van der Waals surface area contributed by atoms with Gasteiger partial charge in [0, 0.05) is 13.5 Å². The highest BCUT2D eigenvalue weighted by Crippen LogP contribution is 2.18. The molecule has 1 N–H and O–H groups in total. The Morgan fingerprint density at radius 3 is 2.57 bits per heavy atom. The summed E-state index contributed by atoms with van der Waals surface area (Å²) in [5.74, 6) is -0.826. The molecule has 112 valence electrons. The van der Waals surface area contributed by atoms with Gasteiger partial charge in [0.05, 0.1) is 11.0 Å². The zero-order chi connectivity index (χ0) is 15.7. The van der Waals surface area contributed by atoms with Gasteiger partial charge in [0.1, 0.15) is 6.04 Å². The molecule has 6 heteroatoms. The predicted octanol–water partition coefficient (Wildman–Crippen LogP) is 1.26. The molecule has 0 bridgehead atoms. The third-order valence-electron chi connectivity index (χ3n) is 3.60. The van der Waals surface area contributed by atoms with Crippen molar-refractivity contribution in [2.24, 2.45) is 7.05 Å². The molecule has 6 nitrogen and oxygen atoms in total. The first-order valence-electron chi connectivity index (χ1n) is 6.88. The molecule has 21 heavy (non-hydrogen) atoms. The molecule has 1 heterocycles. The summed E-state index contributed by atoms with van der Waals surface area (Å²) >= 11 is 0. The lowest BCUT2D eigenvalue weighted by atomic mass is 10.2. The molecule has 0 fully saturated rings. The molecule has 0 saturated carbocycles. The van der Waals surface area contributed by atoms with Crippen molar-refractivity contribution in [2.45, 2.75) is 33.2 Å². The van der Waals surface area contributed by atoms with Gasteiger partial charge in [-0.05, 0) is 31.5 Å². The van der Waals surface area contributed by atoms with Crippen LogP contribution in [0, 0.1) is 6.92 Å². The van der Waals surface area contributed by atoms with Crippen LogP contribution in [-0.4, -0.2) is 20.9 Å². The molecule has 0 saturated heterocycles. The highest BCUT2D eigenvalue weighted by molar-refractivity contribution is 5.97. The molecule has 1 unspecified atom stereocenters. The second-order valence-electron chi connectivity index (χ2n) is 5.15. The van der Waals surface area contributed by atoms with Crippen LogP contribution in [0.3, 0.4) is 0 Å². The number of hydrogen-bond donors (Lipinski definition) is 1. The fourth-order valence-corrected chi connectivity index (χ4v) is 2.30. The summed E-state index contributed by atoms with van der Waals surface area (Å²) in [5, 5.41) is 2.29. The average molecular weight is 289 g/mol. The Bertz CT molecular complexity index is 770. The molecular formula is C15H19N3O3. The minimum absolute atomic E-state index is 0.224. The summed E-state index contributed by atoms with van der Waals surface area (Å²) in [6, 6.07) is 4.85. The van der Waals surface area contributed by atoms with E-state index in [0.29, 0.717) is 5.52 Å². The van der Waals surface area contributed by atoms with Crippen molar-refractivity contribution >= 4 is 22.8 Å². The van der Waals surface area contributed by atoms with Gasteiger partial charge in [-0.2, -0.15) is 0 Å². The highest BCUT2D eigenvalue weighted by atomic mass is 16.2. The van der Waals surface area contributed by atoms with Crippen molar-refractivity contribution in [2.75, 3.05) is 0 Å². The summed E-state index contributed by atoms with van der Waals surface area (Å²) in [4.78, 5) is 35.8. The van der Waals surface area contributed by atoms with E-state index in [4.69, 9.17) is 0 Å². The standard InChI is InChI=1S/C15H19N3O3/c1-5-13(19)16-14(20)10(3)18-11-7-6-9(2)8-12(11)17(4)15(18)21/h6-8,10H,5H2,1-4H3,(H,16,19,20). The fraction of sp³-hybridized carbons (Fsp3) is 0.400. The number of fused-ring (bicyclic) bond motifs is 1. The molecular weight excluding hydrogens is 270 g/mol. The molecule has 2 rings (SSSR count). The zero-order valence-corrected chi connectivity index (χ0v) is 12.6. The van der Waals surface area contributed by atoms with E-state index < -0.39 is 11.9 Å². The smallest absolute Gasteiger partial charge is 0.295 e. The van der Waals surface area contributed by atoms with Gasteiger partial charge in [0.2, 0.25) is 11.8 Å². The molecule has 2 amide bonds. The average Bonchev–Trinajstić information content (AvgIpc) is 2.70. The van der Waals surface area contributed by atoms with Gasteiger partial charge < -0.3 is 0 Å². The van der Waals surface area contributed by atoms with Crippen LogP contribution in [-0.2, 0) is 16.6 Å². The minimum Gasteiger partial charge on any atom is -0.295 e. The summed E-state index contributed by atoms with van der Waals surface area (Å²) in [5.41, 5.74) is 2.21. The van der Waals surface area contributed by atoms with Crippen molar-refractivity contribution in [1.82, 2.24) is 14.5 Å². The van der Waals surface area contributed by atoms with Gasteiger partial charge in [0.25, 0.3) is 0 Å². The number of nitrogens with one attached hydrogen (secondary N) is 1. The maximum Gasteiger partial charge on any atom is 0.329 e. The van der Waals surface area contributed by atoms with Crippen LogP contribution in [0.5, 0.6) is 0 Å². The third kappa shape index (κ3) is 2.61. The summed E-state index contributed by atoms with van der Waals surface area (Å²) in [7, 11) is 1.67. The fourth-order valence-electron chi connectivity index (χ4n) is 2.30. The van der Waals surface area contributed by atoms with Crippen LogP contribution >= 0.6 is 0 Å². The summed E-state index contributed by atoms with van der Waals surface area (Å²) < 4.78 is 2.92. The zero-order valence-electron chi connectivity index (χ0n) is 12.6. The van der Waals surface area contributed by atoms with Gasteiger partial charge in [-0.25, -0.2) is 4.79 Å². The number of hydrogen-bond acceptors (Lipinski definition) is 3. The number of carbonyl (C=O) groups excluding carboxylic acids is 2. The van der Waals surface area contributed by atoms with Crippen LogP contribution < -0.4 is 11.0 Å². The number of aryl methyl sites for hydroxylation is 2. The number of benzene rings is 1. The van der Waals surface area contributed by atoms with E-state index in [-0.39, 0.29) is 18.0 Å². The van der Waals surface area contributed by atoms with Gasteiger partial charge in [0.15, 0.2) is 0 Å². The first-order valence-corrected chi connectivity index (χ1v) is 6.88. The first-order chi connectivity index (χ1) is 9.86. The number of nitrogens with zero attached hydrogens (tertiary/aromatic N) is 2. The SMILES string of the molecule is CCC(=O)NC(=O)C(C)n1c(=O)n(C)c2cc(C)ccc21. The molecule has 0 radical (unpaired) electrons. The monoisotopic (exact) mass is 289 g/mol. The van der Waals surface area contributed by atoms with Gasteiger partial charge >= 0.3 is 5.69 Å². The quantitative estimate of drug-likeness (QED) is 0.924. The van der Waals surface area contributed by atoms with E-state index in [1.165, 1.54) is 9.13 Å². The number of amides is 2. The van der Waals surface area contributed by atoms with E-state index >= 15 is 0 Å².